The number of nitrogens with two attached hydrogens (primary N) is 1. The quantitative estimate of drug-likeness (QED) is 0.787. The molecule has 3 rings (SSSR count). The van der Waals surface area contributed by atoms with Crippen LogP contribution in [0.5, 0.6) is 0 Å². The lowest BCUT2D eigenvalue weighted by Crippen LogP contribution is -2.01. The second kappa shape index (κ2) is 3.32. The second-order valence-electron chi connectivity index (χ2n) is 2.89. The zero-order chi connectivity index (χ0) is 8.84. The van der Waals surface area contributed by atoms with Crippen molar-refractivity contribution < 1.29 is 4.63 Å². The molecule has 0 saturated carbocycles. The van der Waals surface area contributed by atoms with Gasteiger partial charge in [0.1, 0.15) is 11.4 Å². The Bertz CT molecular complexity index is 466. The van der Waals surface area contributed by atoms with Crippen LogP contribution in [0.4, 0.5) is 5.13 Å². The van der Waals surface area contributed by atoms with Gasteiger partial charge in [-0.15, -0.1) is 17.0 Å². The van der Waals surface area contributed by atoms with Crippen LogP contribution in [0.1, 0.15) is 11.4 Å². The van der Waals surface area contributed by atoms with Gasteiger partial charge < -0.3 is 5.73 Å². The van der Waals surface area contributed by atoms with E-state index in [1.807, 2.05) is 0 Å². The molecule has 2 aromatic rings. The van der Waals surface area contributed by atoms with E-state index in [2.05, 4.69) is 19.9 Å². The fourth-order valence-electron chi connectivity index (χ4n) is 1.50. The lowest BCUT2D eigenvalue weighted by molar-refractivity contribution is 0.305. The van der Waals surface area contributed by atoms with Gasteiger partial charge in [-0.3, -0.25) is 0 Å². The molecule has 0 bridgehead atoms. The molecular formula is C7H7BrN4OS. The monoisotopic (exact) mass is 274 g/mol. The van der Waals surface area contributed by atoms with Gasteiger partial charge >= 0.3 is 0 Å². The number of aromatic nitrogens is 3. The van der Waals surface area contributed by atoms with Crippen molar-refractivity contribution in [2.45, 2.75) is 12.8 Å². The summed E-state index contributed by atoms with van der Waals surface area (Å²) in [6, 6.07) is 0. The van der Waals surface area contributed by atoms with Gasteiger partial charge in [-0.2, -0.15) is 0 Å². The van der Waals surface area contributed by atoms with Crippen LogP contribution in [-0.2, 0) is 12.8 Å². The zero-order valence-electron chi connectivity index (χ0n) is 7.06. The number of aryl methyl sites for hydroxylation is 2. The van der Waals surface area contributed by atoms with Crippen molar-refractivity contribution in [1.29, 1.82) is 0 Å². The average Bonchev–Trinajstić information content (AvgIpc) is 2.65. The molecule has 14 heavy (non-hydrogen) atoms. The first-order valence-corrected chi connectivity index (χ1v) is 4.73. The molecule has 5 nitrogen and oxygen atoms in total. The molecule has 0 fully saturated rings. The van der Waals surface area contributed by atoms with Gasteiger partial charge in [-0.05, 0) is 11.6 Å². The van der Waals surface area contributed by atoms with Crippen LogP contribution >= 0.6 is 28.3 Å². The molecule has 0 aromatic carbocycles. The molecule has 2 heterocycles. The van der Waals surface area contributed by atoms with Crippen molar-refractivity contribution in [3.05, 3.63) is 11.4 Å². The topological polar surface area (TPSA) is 77.8 Å². The lowest BCUT2D eigenvalue weighted by atomic mass is 10.0. The summed E-state index contributed by atoms with van der Waals surface area (Å²) in [5.74, 6) is 0. The Morgan fingerprint density at radius 1 is 1.21 bits per heavy atom. The number of hydrogen-bond acceptors (Lipinski definition) is 6. The smallest absolute Gasteiger partial charge is 0.180 e. The van der Waals surface area contributed by atoms with E-state index in [0.717, 1.165) is 34.8 Å². The maximum Gasteiger partial charge on any atom is 0.180 e. The maximum atomic E-state index is 5.61. The predicted octanol–water partition coefficient (Wildman–Crippen LogP) is 1.45. The highest BCUT2D eigenvalue weighted by Gasteiger charge is 2.24. The van der Waals surface area contributed by atoms with Gasteiger partial charge in [0.25, 0.3) is 0 Å². The SMILES string of the molecule is Br.Nc1nc2c(s1)-c1nonc1CC2. The van der Waals surface area contributed by atoms with Gasteiger partial charge in [0.05, 0.1) is 10.6 Å². The summed E-state index contributed by atoms with van der Waals surface area (Å²) in [6.45, 7) is 0. The Labute approximate surface area is 94.1 Å². The number of nitrogen functional groups attached to an aromatic ring is 1. The van der Waals surface area contributed by atoms with E-state index in [1.165, 1.54) is 11.3 Å². The highest BCUT2D eigenvalue weighted by Crippen LogP contribution is 2.36. The van der Waals surface area contributed by atoms with Crippen molar-refractivity contribution in [1.82, 2.24) is 15.3 Å². The van der Waals surface area contributed by atoms with E-state index in [4.69, 9.17) is 5.73 Å². The number of fused-ring (bicyclic) bond motifs is 3. The van der Waals surface area contributed by atoms with E-state index < -0.39 is 0 Å². The summed E-state index contributed by atoms with van der Waals surface area (Å²) in [7, 11) is 0. The van der Waals surface area contributed by atoms with E-state index in [1.54, 1.807) is 0 Å². The van der Waals surface area contributed by atoms with Crippen molar-refractivity contribution in [2.75, 3.05) is 5.73 Å². The molecule has 0 amide bonds. The van der Waals surface area contributed by atoms with Gasteiger partial charge in [0.2, 0.25) is 0 Å². The number of halogens is 1. The molecule has 0 atom stereocenters. The first-order chi connectivity index (χ1) is 6.34. The van der Waals surface area contributed by atoms with Crippen LogP contribution in [0, 0.1) is 0 Å². The molecule has 74 valence electrons. The minimum Gasteiger partial charge on any atom is -0.375 e. The first kappa shape index (κ1) is 9.60. The number of nitrogens with zero attached hydrogens (tertiary/aromatic N) is 3. The third-order valence-corrected chi connectivity index (χ3v) is 3.02. The van der Waals surface area contributed by atoms with Gasteiger partial charge in [-0.25, -0.2) is 9.61 Å². The average molecular weight is 275 g/mol. The lowest BCUT2D eigenvalue weighted by Gasteiger charge is -2.04. The van der Waals surface area contributed by atoms with Crippen LogP contribution in [0.25, 0.3) is 10.6 Å². The van der Waals surface area contributed by atoms with Crippen LogP contribution in [-0.4, -0.2) is 15.3 Å². The standard InChI is InChI=1S/C7H6N4OS.BrH/c8-7-9-4-2-1-3-5(6(4)13-7)11-12-10-3;/h1-2H2,(H2,8,9);1H. The first-order valence-electron chi connectivity index (χ1n) is 3.91. The van der Waals surface area contributed by atoms with E-state index >= 15 is 0 Å². The van der Waals surface area contributed by atoms with Crippen molar-refractivity contribution in [3.8, 4) is 10.6 Å². The summed E-state index contributed by atoms with van der Waals surface area (Å²) in [4.78, 5) is 5.23. The summed E-state index contributed by atoms with van der Waals surface area (Å²) in [5, 5.41) is 8.24. The van der Waals surface area contributed by atoms with Crippen LogP contribution < -0.4 is 5.73 Å². The molecular weight excluding hydrogens is 268 g/mol. The van der Waals surface area contributed by atoms with E-state index in [0.29, 0.717) is 5.13 Å². The van der Waals surface area contributed by atoms with Crippen molar-refractivity contribution in [2.24, 2.45) is 0 Å². The molecule has 2 aromatic heterocycles. The zero-order valence-corrected chi connectivity index (χ0v) is 9.59. The minimum atomic E-state index is 0. The second-order valence-corrected chi connectivity index (χ2v) is 3.92. The third-order valence-electron chi connectivity index (χ3n) is 2.08. The molecule has 7 heteroatoms. The van der Waals surface area contributed by atoms with Crippen LogP contribution in [0.15, 0.2) is 4.63 Å². The Kier molecular flexibility index (Phi) is 2.28. The molecule has 1 aliphatic carbocycles. The van der Waals surface area contributed by atoms with Crippen molar-refractivity contribution in [3.63, 3.8) is 0 Å². The highest BCUT2D eigenvalue weighted by molar-refractivity contribution is 8.93. The highest BCUT2D eigenvalue weighted by atomic mass is 79.9. The number of hydrogen-bond donors (Lipinski definition) is 1. The molecule has 2 N–H and O–H groups in total. The van der Waals surface area contributed by atoms with Gasteiger partial charge in [0.15, 0.2) is 5.13 Å². The van der Waals surface area contributed by atoms with Gasteiger partial charge in [0, 0.05) is 6.42 Å². The number of anilines is 1. The van der Waals surface area contributed by atoms with Crippen LogP contribution in [0.2, 0.25) is 0 Å². The Balaban J connectivity index is 0.000000750. The molecule has 0 saturated heterocycles. The molecule has 1 aliphatic rings. The minimum absolute atomic E-state index is 0. The Morgan fingerprint density at radius 2 is 2.00 bits per heavy atom. The summed E-state index contributed by atoms with van der Waals surface area (Å²) < 4.78 is 4.67. The predicted molar refractivity (Wildman–Crippen MR) is 57.5 cm³/mol. The summed E-state index contributed by atoms with van der Waals surface area (Å²) >= 11 is 1.44. The van der Waals surface area contributed by atoms with Crippen LogP contribution in [0.3, 0.4) is 0 Å². The van der Waals surface area contributed by atoms with Crippen molar-refractivity contribution >= 4 is 33.4 Å². The van der Waals surface area contributed by atoms with E-state index in [-0.39, 0.29) is 17.0 Å². The molecule has 0 spiro atoms. The fraction of sp³-hybridized carbons (Fsp3) is 0.286. The summed E-state index contributed by atoms with van der Waals surface area (Å²) in [5.41, 5.74) is 8.36. The molecule has 0 aliphatic heterocycles. The molecule has 0 unspecified atom stereocenters. The third kappa shape index (κ3) is 1.24. The Morgan fingerprint density at radius 3 is 2.86 bits per heavy atom. The normalized spacial score (nSPS) is 12.9. The molecule has 0 radical (unpaired) electrons. The fourth-order valence-corrected chi connectivity index (χ4v) is 2.39. The van der Waals surface area contributed by atoms with Gasteiger partial charge in [-0.1, -0.05) is 16.5 Å². The van der Waals surface area contributed by atoms with E-state index in [9.17, 15) is 0 Å². The number of thiazole rings is 1. The largest absolute Gasteiger partial charge is 0.375 e. The number of rotatable bonds is 0. The maximum absolute atomic E-state index is 5.61. The summed E-state index contributed by atoms with van der Waals surface area (Å²) in [6.07, 6.45) is 1.72. The Hall–Kier alpha value is -0.950.